The number of rotatable bonds is 1. The van der Waals surface area contributed by atoms with E-state index in [1.807, 2.05) is 20.8 Å². The number of hydrogen-bond acceptors (Lipinski definition) is 5. The number of allylic oxidation sites excluding steroid dienone is 2. The normalized spacial score (nSPS) is 50.4. The van der Waals surface area contributed by atoms with E-state index in [1.165, 1.54) is 0 Å². The monoisotopic (exact) mass is 480 g/mol. The maximum absolute atomic E-state index is 14.9. The molecule has 0 unspecified atom stereocenters. The van der Waals surface area contributed by atoms with Crippen molar-refractivity contribution in [1.82, 2.24) is 0 Å². The van der Waals surface area contributed by atoms with Gasteiger partial charge in [0.2, 0.25) is 0 Å². The van der Waals surface area contributed by atoms with Crippen LogP contribution in [0.25, 0.3) is 0 Å². The quantitative estimate of drug-likeness (QED) is 0.568. The first kappa shape index (κ1) is 22.7. The number of Topliss-reactive ketones (excluding diaryl/α,β-unsaturated/α-hetero) is 2. The number of aliphatic hydroxyl groups excluding tert-OH is 1. The van der Waals surface area contributed by atoms with Gasteiger partial charge in [0, 0.05) is 17.4 Å². The summed E-state index contributed by atoms with van der Waals surface area (Å²) < 4.78 is 14.4. The van der Waals surface area contributed by atoms with Crippen LogP contribution in [0, 0.1) is 34.0 Å². The highest BCUT2D eigenvalue weighted by Gasteiger charge is 2.91. The van der Waals surface area contributed by atoms with E-state index in [9.17, 15) is 14.7 Å². The van der Waals surface area contributed by atoms with Crippen LogP contribution in [-0.4, -0.2) is 39.6 Å². The zero-order chi connectivity index (χ0) is 25.1. The van der Waals surface area contributed by atoms with Crippen LogP contribution in [0.5, 0.6) is 0 Å². The second-order valence-corrected chi connectivity index (χ2v) is 14.5. The van der Waals surface area contributed by atoms with Crippen molar-refractivity contribution >= 4 is 11.6 Å². The summed E-state index contributed by atoms with van der Waals surface area (Å²) in [5.74, 6) is 0.749. The summed E-state index contributed by atoms with van der Waals surface area (Å²) in [6, 6.07) is 0. The third-order valence-corrected chi connectivity index (χ3v) is 12.0. The zero-order valence-corrected chi connectivity index (χ0v) is 22.3. The molecule has 1 N–H and O–H groups in total. The molecule has 5 heteroatoms. The van der Waals surface area contributed by atoms with Crippen LogP contribution in [0.1, 0.15) is 93.4 Å². The molecule has 5 nitrogen and oxygen atoms in total. The zero-order valence-electron chi connectivity index (χ0n) is 22.3. The molecule has 0 aromatic heterocycles. The van der Waals surface area contributed by atoms with Crippen LogP contribution in [0.15, 0.2) is 22.5 Å². The minimum Gasteiger partial charge on any atom is -0.488 e. The van der Waals surface area contributed by atoms with Gasteiger partial charge in [-0.05, 0) is 81.3 Å². The van der Waals surface area contributed by atoms with Crippen molar-refractivity contribution in [3.8, 4) is 0 Å². The molecule has 35 heavy (non-hydrogen) atoms. The van der Waals surface area contributed by atoms with Gasteiger partial charge in [0.25, 0.3) is 0 Å². The first-order valence-electron chi connectivity index (χ1n) is 13.8. The second-order valence-electron chi connectivity index (χ2n) is 14.5. The Morgan fingerprint density at radius 3 is 2.46 bits per heavy atom. The molecule has 0 radical (unpaired) electrons. The molecular weight excluding hydrogens is 440 g/mol. The minimum absolute atomic E-state index is 0.0310. The summed E-state index contributed by atoms with van der Waals surface area (Å²) >= 11 is 0. The molecule has 7 aliphatic rings. The average molecular weight is 481 g/mol. The van der Waals surface area contributed by atoms with Gasteiger partial charge in [-0.2, -0.15) is 0 Å². The highest BCUT2D eigenvalue weighted by atomic mass is 16.6. The number of ether oxygens (including phenoxy) is 2. The molecule has 2 aliphatic heterocycles. The predicted octanol–water partition coefficient (Wildman–Crippen LogP) is 5.06. The average Bonchev–Trinajstić information content (AvgIpc) is 3.17. The van der Waals surface area contributed by atoms with Crippen LogP contribution in [0.2, 0.25) is 0 Å². The topological polar surface area (TPSA) is 72.8 Å². The van der Waals surface area contributed by atoms with Gasteiger partial charge >= 0.3 is 0 Å². The fraction of sp³-hybridized carbons (Fsp3) is 0.800. The van der Waals surface area contributed by atoms with Gasteiger partial charge < -0.3 is 14.6 Å². The number of carbonyl (C=O) groups excluding carboxylic acids is 2. The van der Waals surface area contributed by atoms with E-state index in [4.69, 9.17) is 9.47 Å². The van der Waals surface area contributed by atoms with Crippen LogP contribution in [-0.2, 0) is 19.1 Å². The summed E-state index contributed by atoms with van der Waals surface area (Å²) in [5.41, 5.74) is -1.23. The van der Waals surface area contributed by atoms with Crippen LogP contribution >= 0.6 is 0 Å². The third kappa shape index (κ3) is 2.02. The summed E-state index contributed by atoms with van der Waals surface area (Å²) in [5, 5.41) is 12.1. The molecule has 5 fully saturated rings. The lowest BCUT2D eigenvalue weighted by Crippen LogP contribution is -2.65. The van der Waals surface area contributed by atoms with Crippen LogP contribution in [0.3, 0.4) is 0 Å². The summed E-state index contributed by atoms with van der Waals surface area (Å²) in [6.07, 6.45) is 4.92. The predicted molar refractivity (Wildman–Crippen MR) is 130 cm³/mol. The molecule has 3 saturated carbocycles. The van der Waals surface area contributed by atoms with E-state index in [0.29, 0.717) is 29.2 Å². The Bertz CT molecular complexity index is 1170. The van der Waals surface area contributed by atoms with E-state index in [0.717, 1.165) is 37.7 Å². The highest BCUT2D eigenvalue weighted by molar-refractivity contribution is 6.10. The lowest BCUT2D eigenvalue weighted by Gasteiger charge is -2.58. The van der Waals surface area contributed by atoms with Crippen molar-refractivity contribution < 1.29 is 24.2 Å². The minimum atomic E-state index is -0.882. The van der Waals surface area contributed by atoms with Gasteiger partial charge in [0.15, 0.2) is 11.6 Å². The standard InChI is InChI=1S/C30H40O5/c1-15(2)19-23(33)27-12-9-18-25(4,5)10-8-11-28(18)14-29(27)20(16(3)17(31)13-27)21(32)22-26(6,7)34-24(19)30(22,29)35-28/h15,18,21-22,32H,8-14H2,1-7H3/t18-,21-,22+,27-,28-,29-,30-/m0/s1. The third-order valence-electron chi connectivity index (χ3n) is 12.0. The van der Waals surface area contributed by atoms with Crippen molar-refractivity contribution in [2.75, 3.05) is 0 Å². The molecule has 2 heterocycles. The Balaban J connectivity index is 1.67. The molecule has 0 aromatic rings. The van der Waals surface area contributed by atoms with Crippen molar-refractivity contribution in [1.29, 1.82) is 0 Å². The van der Waals surface area contributed by atoms with E-state index in [2.05, 4.69) is 27.7 Å². The molecular formula is C30H40O5. The number of carbonyl (C=O) groups is 2. The molecule has 0 aromatic carbocycles. The first-order chi connectivity index (χ1) is 16.2. The van der Waals surface area contributed by atoms with Gasteiger partial charge in [0.05, 0.1) is 23.0 Å². The van der Waals surface area contributed by atoms with Gasteiger partial charge in [0.1, 0.15) is 17.0 Å². The summed E-state index contributed by atoms with van der Waals surface area (Å²) in [7, 11) is 0. The maximum atomic E-state index is 14.9. The fourth-order valence-corrected chi connectivity index (χ4v) is 11.1. The van der Waals surface area contributed by atoms with Crippen molar-refractivity contribution in [3.05, 3.63) is 22.5 Å². The number of hydrogen-bond donors (Lipinski definition) is 1. The van der Waals surface area contributed by atoms with Crippen molar-refractivity contribution in [3.63, 3.8) is 0 Å². The van der Waals surface area contributed by atoms with E-state index in [1.54, 1.807) is 0 Å². The van der Waals surface area contributed by atoms with E-state index in [-0.39, 0.29) is 40.8 Å². The van der Waals surface area contributed by atoms with E-state index < -0.39 is 28.1 Å². The lowest BCUT2D eigenvalue weighted by molar-refractivity contribution is -0.206. The van der Waals surface area contributed by atoms with E-state index >= 15 is 0 Å². The molecule has 190 valence electrons. The molecule has 7 rings (SSSR count). The van der Waals surface area contributed by atoms with Gasteiger partial charge in [-0.15, -0.1) is 0 Å². The SMILES string of the molecule is CC1=C2[C@H](O)[C@@H]3C(C)(C)OC4=C(C(C)C)C(=O)[C@]5(CC[C@H]6C(C)(C)CCC[C@]67C[C@]25[C@@]43O7)CC1=O. The molecule has 3 spiro atoms. The molecule has 7 atom stereocenters. The molecule has 0 amide bonds. The summed E-state index contributed by atoms with van der Waals surface area (Å²) in [6.45, 7) is 14.8. The largest absolute Gasteiger partial charge is 0.488 e. The number of aliphatic hydroxyl groups is 1. The van der Waals surface area contributed by atoms with Crippen LogP contribution < -0.4 is 0 Å². The van der Waals surface area contributed by atoms with Gasteiger partial charge in [-0.1, -0.05) is 34.1 Å². The fourth-order valence-electron chi connectivity index (χ4n) is 11.1. The van der Waals surface area contributed by atoms with Crippen molar-refractivity contribution in [2.24, 2.45) is 34.0 Å². The Hall–Kier alpha value is -1.46. The Labute approximate surface area is 208 Å². The second kappa shape index (κ2) is 5.99. The van der Waals surface area contributed by atoms with Crippen molar-refractivity contribution in [2.45, 2.75) is 116 Å². The molecule has 5 aliphatic carbocycles. The maximum Gasteiger partial charge on any atom is 0.170 e. The first-order valence-corrected chi connectivity index (χ1v) is 13.8. The highest BCUT2D eigenvalue weighted by Crippen LogP contribution is 2.85. The Kier molecular flexibility index (Phi) is 3.88. The number of ketones is 2. The molecule has 2 saturated heterocycles. The summed E-state index contributed by atoms with van der Waals surface area (Å²) in [4.78, 5) is 28.5. The Morgan fingerprint density at radius 1 is 1.06 bits per heavy atom. The molecule has 2 bridgehead atoms. The Morgan fingerprint density at radius 2 is 1.77 bits per heavy atom. The lowest BCUT2D eigenvalue weighted by atomic mass is 9.43. The van der Waals surface area contributed by atoms with Gasteiger partial charge in [-0.3, -0.25) is 9.59 Å². The smallest absolute Gasteiger partial charge is 0.170 e. The van der Waals surface area contributed by atoms with Gasteiger partial charge in [-0.25, -0.2) is 0 Å². The van der Waals surface area contributed by atoms with Crippen LogP contribution in [0.4, 0.5) is 0 Å².